The van der Waals surface area contributed by atoms with Crippen molar-refractivity contribution in [3.8, 4) is 5.75 Å². The minimum atomic E-state index is -0.716. The minimum absolute atomic E-state index is 0.00970. The van der Waals surface area contributed by atoms with Crippen molar-refractivity contribution in [2.24, 2.45) is 0 Å². The van der Waals surface area contributed by atoms with E-state index in [4.69, 9.17) is 9.47 Å². The summed E-state index contributed by atoms with van der Waals surface area (Å²) in [4.78, 5) is 26.8. The molecule has 0 amide bonds. The number of morpholine rings is 1. The van der Waals surface area contributed by atoms with Crippen LogP contribution in [0.4, 0.5) is 0 Å². The van der Waals surface area contributed by atoms with Gasteiger partial charge in [-0.1, -0.05) is 0 Å². The highest BCUT2D eigenvalue weighted by molar-refractivity contribution is 6.05. The van der Waals surface area contributed by atoms with E-state index in [0.29, 0.717) is 31.9 Å². The number of benzene rings is 1. The van der Waals surface area contributed by atoms with Crippen LogP contribution in [-0.4, -0.2) is 60.2 Å². The first-order valence-electron chi connectivity index (χ1n) is 7.75. The molecule has 2 rings (SSSR count). The number of hydrogen-bond acceptors (Lipinski definition) is 6. The molecule has 1 aliphatic rings. The zero-order valence-electron chi connectivity index (χ0n) is 13.8. The first-order chi connectivity index (χ1) is 10.9. The Hall–Kier alpha value is -1.92. The maximum atomic E-state index is 12.9. The molecule has 0 saturated carbocycles. The Kier molecular flexibility index (Phi) is 5.38. The molecule has 6 heteroatoms. The molecule has 1 aromatic carbocycles. The van der Waals surface area contributed by atoms with Crippen LogP contribution >= 0.6 is 0 Å². The summed E-state index contributed by atoms with van der Waals surface area (Å²) in [5, 5.41) is 9.83. The van der Waals surface area contributed by atoms with Gasteiger partial charge in [0.25, 0.3) is 0 Å². The lowest BCUT2D eigenvalue weighted by atomic mass is 9.90. The topological polar surface area (TPSA) is 76.1 Å². The number of carbonyl (C=O) groups excluding carboxylic acids is 2. The average Bonchev–Trinajstić information content (AvgIpc) is 2.55. The molecule has 1 fully saturated rings. The Morgan fingerprint density at radius 1 is 1.30 bits per heavy atom. The van der Waals surface area contributed by atoms with Gasteiger partial charge in [-0.05, 0) is 39.0 Å². The van der Waals surface area contributed by atoms with Crippen LogP contribution in [0.1, 0.15) is 41.5 Å². The molecule has 6 nitrogen and oxygen atoms in total. The molecule has 0 aliphatic carbocycles. The average molecular weight is 321 g/mol. The fraction of sp³-hybridized carbons (Fsp3) is 0.529. The molecular weight excluding hydrogens is 298 g/mol. The molecule has 0 radical (unpaired) electrons. The van der Waals surface area contributed by atoms with Gasteiger partial charge in [-0.25, -0.2) is 4.79 Å². The molecule has 1 heterocycles. The van der Waals surface area contributed by atoms with E-state index in [-0.39, 0.29) is 23.7 Å². The van der Waals surface area contributed by atoms with E-state index in [1.54, 1.807) is 6.92 Å². The second-order valence-corrected chi connectivity index (χ2v) is 5.94. The van der Waals surface area contributed by atoms with Crippen molar-refractivity contribution in [3.63, 3.8) is 0 Å². The molecule has 126 valence electrons. The van der Waals surface area contributed by atoms with Crippen LogP contribution in [-0.2, 0) is 9.47 Å². The third-order valence-corrected chi connectivity index (χ3v) is 4.11. The highest BCUT2D eigenvalue weighted by atomic mass is 16.5. The molecule has 0 unspecified atom stereocenters. The third-order valence-electron chi connectivity index (χ3n) is 4.11. The summed E-state index contributed by atoms with van der Waals surface area (Å²) >= 11 is 0. The number of aromatic hydroxyl groups is 1. The van der Waals surface area contributed by atoms with Gasteiger partial charge in [0.15, 0.2) is 5.78 Å². The number of hydrogen-bond donors (Lipinski definition) is 1. The highest BCUT2D eigenvalue weighted by Crippen LogP contribution is 2.25. The van der Waals surface area contributed by atoms with Crippen molar-refractivity contribution in [2.75, 3.05) is 32.9 Å². The Morgan fingerprint density at radius 3 is 2.57 bits per heavy atom. The van der Waals surface area contributed by atoms with Gasteiger partial charge in [0.05, 0.1) is 25.4 Å². The van der Waals surface area contributed by atoms with E-state index in [2.05, 4.69) is 4.90 Å². The lowest BCUT2D eigenvalue weighted by Crippen LogP contribution is -2.54. The molecule has 0 aromatic heterocycles. The van der Waals surface area contributed by atoms with Crippen LogP contribution in [0.3, 0.4) is 0 Å². The zero-order valence-corrected chi connectivity index (χ0v) is 13.8. The predicted octanol–water partition coefficient (Wildman–Crippen LogP) is 1.86. The third kappa shape index (κ3) is 3.71. The van der Waals surface area contributed by atoms with Gasteiger partial charge in [-0.3, -0.25) is 9.69 Å². The molecule has 1 N–H and O–H groups in total. The SMILES string of the molecule is CCOC(=O)c1cc(C(=O)C(C)(C)N2CCOCC2)ccc1O. The van der Waals surface area contributed by atoms with E-state index in [1.165, 1.54) is 18.2 Å². The van der Waals surface area contributed by atoms with Gasteiger partial charge in [-0.15, -0.1) is 0 Å². The van der Waals surface area contributed by atoms with Crippen molar-refractivity contribution in [2.45, 2.75) is 26.3 Å². The molecule has 1 aliphatic heterocycles. The number of ketones is 1. The number of phenolic OH excluding ortho intramolecular Hbond substituents is 1. The normalized spacial score (nSPS) is 16.1. The largest absolute Gasteiger partial charge is 0.507 e. The Bertz CT molecular complexity index is 591. The summed E-state index contributed by atoms with van der Waals surface area (Å²) in [6.07, 6.45) is 0. The maximum Gasteiger partial charge on any atom is 0.341 e. The van der Waals surface area contributed by atoms with Crippen LogP contribution in [0.15, 0.2) is 18.2 Å². The number of Topliss-reactive ketones (excluding diaryl/α,β-unsaturated/α-hetero) is 1. The first kappa shape index (κ1) is 17.4. The lowest BCUT2D eigenvalue weighted by Gasteiger charge is -2.39. The lowest BCUT2D eigenvalue weighted by molar-refractivity contribution is -0.00430. The summed E-state index contributed by atoms with van der Waals surface area (Å²) in [5.41, 5.74) is -0.329. The van der Waals surface area contributed by atoms with Crippen LogP contribution < -0.4 is 0 Å². The summed E-state index contributed by atoms with van der Waals surface area (Å²) in [7, 11) is 0. The molecule has 23 heavy (non-hydrogen) atoms. The first-order valence-corrected chi connectivity index (χ1v) is 7.75. The molecule has 0 spiro atoms. The maximum absolute atomic E-state index is 12.9. The smallest absolute Gasteiger partial charge is 0.341 e. The van der Waals surface area contributed by atoms with Crippen LogP contribution in [0.2, 0.25) is 0 Å². The standard InChI is InChI=1S/C17H23NO5/c1-4-23-16(21)13-11-12(5-6-14(13)19)15(20)17(2,3)18-7-9-22-10-8-18/h5-6,11,19H,4,7-10H2,1-3H3. The van der Waals surface area contributed by atoms with E-state index >= 15 is 0 Å². The van der Waals surface area contributed by atoms with Gasteiger partial charge >= 0.3 is 5.97 Å². The van der Waals surface area contributed by atoms with E-state index in [0.717, 1.165) is 0 Å². The Balaban J connectivity index is 2.28. The van der Waals surface area contributed by atoms with Crippen LogP contribution in [0, 0.1) is 0 Å². The number of phenols is 1. The van der Waals surface area contributed by atoms with Crippen LogP contribution in [0.5, 0.6) is 5.75 Å². The number of nitrogens with zero attached hydrogens (tertiary/aromatic N) is 1. The van der Waals surface area contributed by atoms with Crippen molar-refractivity contribution in [1.29, 1.82) is 0 Å². The number of ether oxygens (including phenoxy) is 2. The van der Waals surface area contributed by atoms with Gasteiger partial charge in [0.2, 0.25) is 0 Å². The van der Waals surface area contributed by atoms with Gasteiger partial charge < -0.3 is 14.6 Å². The zero-order chi connectivity index (χ0) is 17.0. The number of esters is 1. The van der Waals surface area contributed by atoms with Gasteiger partial charge in [0, 0.05) is 18.7 Å². The van der Waals surface area contributed by atoms with Crippen molar-refractivity contribution >= 4 is 11.8 Å². The molecule has 0 atom stereocenters. The quantitative estimate of drug-likeness (QED) is 0.659. The van der Waals surface area contributed by atoms with Crippen molar-refractivity contribution in [3.05, 3.63) is 29.3 Å². The van der Waals surface area contributed by atoms with E-state index < -0.39 is 11.5 Å². The van der Waals surface area contributed by atoms with Crippen LogP contribution in [0.25, 0.3) is 0 Å². The van der Waals surface area contributed by atoms with E-state index in [1.807, 2.05) is 13.8 Å². The molecule has 1 saturated heterocycles. The summed E-state index contributed by atoms with van der Waals surface area (Å²) < 4.78 is 10.2. The fourth-order valence-electron chi connectivity index (χ4n) is 2.67. The molecule has 0 bridgehead atoms. The van der Waals surface area contributed by atoms with Gasteiger partial charge in [0.1, 0.15) is 11.3 Å². The summed E-state index contributed by atoms with van der Waals surface area (Å²) in [6, 6.07) is 4.29. The Labute approximate surface area is 136 Å². The second-order valence-electron chi connectivity index (χ2n) is 5.94. The number of carbonyl (C=O) groups is 2. The fourth-order valence-corrected chi connectivity index (χ4v) is 2.67. The second kappa shape index (κ2) is 7.10. The van der Waals surface area contributed by atoms with Crippen molar-refractivity contribution in [1.82, 2.24) is 4.90 Å². The van der Waals surface area contributed by atoms with E-state index in [9.17, 15) is 14.7 Å². The molecular formula is C17H23NO5. The Morgan fingerprint density at radius 2 is 1.96 bits per heavy atom. The number of rotatable bonds is 5. The summed E-state index contributed by atoms with van der Waals surface area (Å²) in [5.74, 6) is -0.932. The minimum Gasteiger partial charge on any atom is -0.507 e. The highest BCUT2D eigenvalue weighted by Gasteiger charge is 2.36. The van der Waals surface area contributed by atoms with Crippen molar-refractivity contribution < 1.29 is 24.2 Å². The van der Waals surface area contributed by atoms with Gasteiger partial charge in [-0.2, -0.15) is 0 Å². The molecule has 1 aromatic rings. The monoisotopic (exact) mass is 321 g/mol. The predicted molar refractivity (Wildman–Crippen MR) is 84.9 cm³/mol. The summed E-state index contributed by atoms with van der Waals surface area (Å²) in [6.45, 7) is 8.17.